The van der Waals surface area contributed by atoms with E-state index in [1.54, 1.807) is 42.5 Å². The molecule has 12 heteroatoms. The van der Waals surface area contributed by atoms with Crippen LogP contribution >= 0.6 is 27.7 Å². The molecule has 0 radical (unpaired) electrons. The zero-order chi connectivity index (χ0) is 28.2. The van der Waals surface area contributed by atoms with E-state index >= 15 is 0 Å². The van der Waals surface area contributed by atoms with Gasteiger partial charge in [-0.1, -0.05) is 40.2 Å². The van der Waals surface area contributed by atoms with Crippen LogP contribution in [-0.2, 0) is 22.4 Å². The Hall–Kier alpha value is -4.08. The maximum atomic E-state index is 13.0. The lowest BCUT2D eigenvalue weighted by Crippen LogP contribution is -2.36. The Kier molecular flexibility index (Phi) is 8.42. The molecule has 0 aliphatic carbocycles. The van der Waals surface area contributed by atoms with E-state index in [9.17, 15) is 32.8 Å². The summed E-state index contributed by atoms with van der Waals surface area (Å²) in [7, 11) is 0. The second-order valence-corrected chi connectivity index (χ2v) is 10.0. The van der Waals surface area contributed by atoms with Crippen LogP contribution in [0.3, 0.4) is 0 Å². The van der Waals surface area contributed by atoms with Crippen LogP contribution in [0.4, 0.5) is 23.7 Å². The molecule has 1 aliphatic rings. The maximum Gasteiger partial charge on any atom is 0.416 e. The number of halogens is 4. The third-order valence-electron chi connectivity index (χ3n) is 5.43. The molecule has 4 rings (SSSR count). The van der Waals surface area contributed by atoms with E-state index in [4.69, 9.17) is 4.74 Å². The number of amides is 3. The molecule has 3 aromatic rings. The summed E-state index contributed by atoms with van der Waals surface area (Å²) >= 11 is 3.99. The largest absolute Gasteiger partial charge is 0.488 e. The first-order valence-electron chi connectivity index (χ1n) is 11.2. The standard InChI is InChI=1S/C27H17BrF3N3O4S/c28-20-8-9-22(38-15-17-5-2-1-4-16(17)13-32)18(10-20)11-23-25(36)34(26(37)39-23)14-24(35)33-21-7-3-6-19(12-21)27(29,30)31/h1-12H,14-15H2,(H,33,35)/b23-11-. The number of rotatable bonds is 7. The highest BCUT2D eigenvalue weighted by molar-refractivity contribution is 9.10. The second kappa shape index (κ2) is 11.8. The minimum atomic E-state index is -4.59. The number of imide groups is 1. The van der Waals surface area contributed by atoms with E-state index < -0.39 is 35.3 Å². The number of carbonyl (C=O) groups is 3. The molecule has 3 aromatic carbocycles. The highest BCUT2D eigenvalue weighted by Gasteiger charge is 2.37. The molecule has 0 bridgehead atoms. The van der Waals surface area contributed by atoms with E-state index in [1.165, 1.54) is 12.1 Å². The fraction of sp³-hybridized carbons (Fsp3) is 0.111. The number of anilines is 1. The van der Waals surface area contributed by atoms with E-state index in [0.29, 0.717) is 43.6 Å². The second-order valence-electron chi connectivity index (χ2n) is 8.13. The first-order chi connectivity index (χ1) is 18.5. The number of hydrogen-bond acceptors (Lipinski definition) is 6. The molecule has 7 nitrogen and oxygen atoms in total. The molecule has 1 N–H and O–H groups in total. The van der Waals surface area contributed by atoms with Crippen LogP contribution in [0.1, 0.15) is 22.3 Å². The topological polar surface area (TPSA) is 99.5 Å². The van der Waals surface area contributed by atoms with Crippen LogP contribution in [0, 0.1) is 11.3 Å². The van der Waals surface area contributed by atoms with Crippen LogP contribution in [0.15, 0.2) is 76.1 Å². The van der Waals surface area contributed by atoms with Gasteiger partial charge in [-0.2, -0.15) is 18.4 Å². The van der Waals surface area contributed by atoms with Crippen LogP contribution in [0.25, 0.3) is 6.08 Å². The summed E-state index contributed by atoms with van der Waals surface area (Å²) in [4.78, 5) is 38.7. The Labute approximate surface area is 233 Å². The van der Waals surface area contributed by atoms with Gasteiger partial charge in [0.2, 0.25) is 5.91 Å². The van der Waals surface area contributed by atoms with Crippen molar-refractivity contribution in [2.75, 3.05) is 11.9 Å². The van der Waals surface area contributed by atoms with Gasteiger partial charge in [0, 0.05) is 21.3 Å². The number of benzene rings is 3. The number of thioether (sulfide) groups is 1. The van der Waals surface area contributed by atoms with Gasteiger partial charge in [0.05, 0.1) is 22.1 Å². The zero-order valence-electron chi connectivity index (χ0n) is 19.8. The van der Waals surface area contributed by atoms with Crippen LogP contribution in [0.5, 0.6) is 5.75 Å². The van der Waals surface area contributed by atoms with Gasteiger partial charge >= 0.3 is 6.18 Å². The molecule has 198 valence electrons. The Balaban J connectivity index is 1.48. The third kappa shape index (κ3) is 6.87. The third-order valence-corrected chi connectivity index (χ3v) is 6.83. The van der Waals surface area contributed by atoms with Crippen LogP contribution < -0.4 is 10.1 Å². The summed E-state index contributed by atoms with van der Waals surface area (Å²) in [6, 6.07) is 18.1. The number of nitrogens with zero attached hydrogens (tertiary/aromatic N) is 2. The van der Waals surface area contributed by atoms with Crippen molar-refractivity contribution in [3.05, 3.63) is 98.4 Å². The summed E-state index contributed by atoms with van der Waals surface area (Å²) in [5.74, 6) is -1.18. The molecule has 1 heterocycles. The van der Waals surface area contributed by atoms with E-state index in [-0.39, 0.29) is 17.2 Å². The molecule has 1 fully saturated rings. The van der Waals surface area contributed by atoms with E-state index in [2.05, 4.69) is 27.3 Å². The minimum Gasteiger partial charge on any atom is -0.488 e. The molecule has 3 amide bonds. The van der Waals surface area contributed by atoms with Gasteiger partial charge in [0.15, 0.2) is 0 Å². The fourth-order valence-corrected chi connectivity index (χ4v) is 4.78. The molecular weight excluding hydrogens is 599 g/mol. The van der Waals surface area contributed by atoms with Crippen molar-refractivity contribution in [1.82, 2.24) is 4.90 Å². The number of ether oxygens (including phenoxy) is 1. The molecular formula is C27H17BrF3N3O4S. The minimum absolute atomic E-state index is 0.0345. The quantitative estimate of drug-likeness (QED) is 0.301. The monoisotopic (exact) mass is 615 g/mol. The highest BCUT2D eigenvalue weighted by atomic mass is 79.9. The SMILES string of the molecule is N#Cc1ccccc1COc1ccc(Br)cc1/C=C1\SC(=O)N(CC(=O)Nc2cccc(C(F)(F)F)c2)C1=O. The van der Waals surface area contributed by atoms with Gasteiger partial charge in [0.25, 0.3) is 11.1 Å². The van der Waals surface area contributed by atoms with Crippen LogP contribution in [-0.4, -0.2) is 28.5 Å². The van der Waals surface area contributed by atoms with Crippen molar-refractivity contribution < 1.29 is 32.3 Å². The summed E-state index contributed by atoms with van der Waals surface area (Å²) < 4.78 is 45.4. The van der Waals surface area contributed by atoms with Crippen LogP contribution in [0.2, 0.25) is 0 Å². The van der Waals surface area contributed by atoms with Crippen molar-refractivity contribution in [3.63, 3.8) is 0 Å². The Bertz CT molecular complexity index is 1540. The predicted octanol–water partition coefficient (Wildman–Crippen LogP) is 6.59. The van der Waals surface area contributed by atoms with Crippen molar-refractivity contribution in [1.29, 1.82) is 5.26 Å². The number of nitriles is 1. The first-order valence-corrected chi connectivity index (χ1v) is 12.8. The fourth-order valence-electron chi connectivity index (χ4n) is 3.57. The highest BCUT2D eigenvalue weighted by Crippen LogP contribution is 2.35. The lowest BCUT2D eigenvalue weighted by molar-refractivity contribution is -0.137. The summed E-state index contributed by atoms with van der Waals surface area (Å²) in [5, 5.41) is 10.9. The van der Waals surface area contributed by atoms with E-state index in [0.717, 1.165) is 18.2 Å². The smallest absolute Gasteiger partial charge is 0.416 e. The van der Waals surface area contributed by atoms with Crippen molar-refractivity contribution in [2.45, 2.75) is 12.8 Å². The normalized spacial score (nSPS) is 14.4. The summed E-state index contributed by atoms with van der Waals surface area (Å²) in [6.07, 6.45) is -3.14. The van der Waals surface area contributed by atoms with Gasteiger partial charge in [-0.05, 0) is 60.3 Å². The Morgan fingerprint density at radius 1 is 1.10 bits per heavy atom. The molecule has 0 saturated carbocycles. The molecule has 0 spiro atoms. The summed E-state index contributed by atoms with van der Waals surface area (Å²) in [6.45, 7) is -0.589. The average molecular weight is 616 g/mol. The van der Waals surface area contributed by atoms with Crippen molar-refractivity contribution in [3.8, 4) is 11.8 Å². The molecule has 0 aromatic heterocycles. The zero-order valence-corrected chi connectivity index (χ0v) is 22.2. The first kappa shape index (κ1) is 27.9. The number of carbonyl (C=O) groups excluding carboxylic acids is 3. The molecule has 0 atom stereocenters. The average Bonchev–Trinajstić information content (AvgIpc) is 3.15. The maximum absolute atomic E-state index is 13.0. The van der Waals surface area contributed by atoms with Gasteiger partial charge in [0.1, 0.15) is 18.9 Å². The molecule has 0 unspecified atom stereocenters. The summed E-state index contributed by atoms with van der Waals surface area (Å²) in [5.41, 5.74) is 0.531. The van der Waals surface area contributed by atoms with Gasteiger partial charge < -0.3 is 10.1 Å². The Morgan fingerprint density at radius 3 is 2.62 bits per heavy atom. The van der Waals surface area contributed by atoms with Crippen molar-refractivity contribution in [2.24, 2.45) is 0 Å². The Morgan fingerprint density at radius 2 is 1.87 bits per heavy atom. The van der Waals surface area contributed by atoms with Gasteiger partial charge in [-0.15, -0.1) is 0 Å². The lowest BCUT2D eigenvalue weighted by Gasteiger charge is -2.14. The van der Waals surface area contributed by atoms with Crippen molar-refractivity contribution >= 4 is 56.5 Å². The number of alkyl halides is 3. The number of hydrogen-bond donors (Lipinski definition) is 1. The molecule has 1 aliphatic heterocycles. The van der Waals surface area contributed by atoms with Gasteiger partial charge in [-0.25, -0.2) is 0 Å². The number of nitrogens with one attached hydrogen (secondary N) is 1. The molecule has 39 heavy (non-hydrogen) atoms. The van der Waals surface area contributed by atoms with E-state index in [1.807, 2.05) is 0 Å². The molecule has 1 saturated heterocycles. The predicted molar refractivity (Wildman–Crippen MR) is 142 cm³/mol. The van der Waals surface area contributed by atoms with Gasteiger partial charge in [-0.3, -0.25) is 19.3 Å². The lowest BCUT2D eigenvalue weighted by atomic mass is 10.1.